The number of carbonyl (C=O) groups is 1. The number of para-hydroxylation sites is 1. The molecule has 1 heterocycles. The van der Waals surface area contributed by atoms with Crippen LogP contribution in [0.25, 0.3) is 0 Å². The minimum Gasteiger partial charge on any atom is -0.308 e. The van der Waals surface area contributed by atoms with Crippen molar-refractivity contribution in [3.05, 3.63) is 63.6 Å². The van der Waals surface area contributed by atoms with Crippen molar-refractivity contribution in [2.75, 3.05) is 11.4 Å². The van der Waals surface area contributed by atoms with Gasteiger partial charge in [0.1, 0.15) is 0 Å². The molecule has 0 saturated carbocycles. The van der Waals surface area contributed by atoms with Crippen molar-refractivity contribution in [1.29, 1.82) is 0 Å². The van der Waals surface area contributed by atoms with E-state index in [2.05, 4.69) is 0 Å². The Morgan fingerprint density at radius 2 is 1.68 bits per heavy atom. The van der Waals surface area contributed by atoms with Gasteiger partial charge in [0.05, 0.1) is 15.6 Å². The molecule has 0 aliphatic carbocycles. The molecule has 1 amide bonds. The highest BCUT2D eigenvalue weighted by Crippen LogP contribution is 2.32. The molecular formula is C15H11Cl2NO. The fraction of sp³-hybridized carbons (Fsp3) is 0.133. The maximum absolute atomic E-state index is 12.6. The van der Waals surface area contributed by atoms with Gasteiger partial charge < -0.3 is 4.90 Å². The molecule has 4 heteroatoms. The molecule has 0 atom stereocenters. The van der Waals surface area contributed by atoms with Gasteiger partial charge in [-0.1, -0.05) is 47.5 Å². The van der Waals surface area contributed by atoms with E-state index < -0.39 is 0 Å². The Hall–Kier alpha value is -1.51. The second-order valence-electron chi connectivity index (χ2n) is 4.43. The summed E-state index contributed by atoms with van der Waals surface area (Å²) in [5.41, 5.74) is 2.50. The molecule has 96 valence electrons. The van der Waals surface area contributed by atoms with E-state index >= 15 is 0 Å². The van der Waals surface area contributed by atoms with Crippen LogP contribution < -0.4 is 4.90 Å². The summed E-state index contributed by atoms with van der Waals surface area (Å²) in [6.45, 7) is 0.666. The number of carbonyl (C=O) groups excluding carboxylic acids is 1. The standard InChI is InChI=1S/C15H11Cl2NO/c16-11-5-3-6-12(17)14(11)15(19)18-9-8-10-4-1-2-7-13(10)18/h1-7H,8-9H2. The van der Waals surface area contributed by atoms with Gasteiger partial charge in [-0.3, -0.25) is 4.79 Å². The molecule has 0 bridgehead atoms. The third-order valence-electron chi connectivity index (χ3n) is 3.31. The van der Waals surface area contributed by atoms with Gasteiger partial charge in [0.2, 0.25) is 0 Å². The number of hydrogen-bond donors (Lipinski definition) is 0. The highest BCUT2D eigenvalue weighted by molar-refractivity contribution is 6.40. The first-order valence-corrected chi connectivity index (χ1v) is 6.78. The van der Waals surface area contributed by atoms with Crippen LogP contribution in [0.4, 0.5) is 5.69 Å². The first-order chi connectivity index (χ1) is 9.18. The van der Waals surface area contributed by atoms with Crippen LogP contribution in [-0.4, -0.2) is 12.5 Å². The van der Waals surface area contributed by atoms with Crippen molar-refractivity contribution < 1.29 is 4.79 Å². The second kappa shape index (κ2) is 4.87. The second-order valence-corrected chi connectivity index (χ2v) is 5.25. The third kappa shape index (κ3) is 2.11. The van der Waals surface area contributed by atoms with Crippen molar-refractivity contribution in [2.24, 2.45) is 0 Å². The average Bonchev–Trinajstić information content (AvgIpc) is 2.82. The lowest BCUT2D eigenvalue weighted by molar-refractivity contribution is 0.0989. The van der Waals surface area contributed by atoms with Crippen molar-refractivity contribution >= 4 is 34.8 Å². The van der Waals surface area contributed by atoms with E-state index in [0.29, 0.717) is 22.2 Å². The Bertz CT molecular complexity index is 634. The van der Waals surface area contributed by atoms with Gasteiger partial charge in [0.15, 0.2) is 0 Å². The molecule has 0 radical (unpaired) electrons. The smallest absolute Gasteiger partial charge is 0.261 e. The van der Waals surface area contributed by atoms with E-state index in [1.54, 1.807) is 23.1 Å². The van der Waals surface area contributed by atoms with Gasteiger partial charge in [0.25, 0.3) is 5.91 Å². The van der Waals surface area contributed by atoms with Gasteiger partial charge in [-0.2, -0.15) is 0 Å². The molecular weight excluding hydrogens is 281 g/mol. The topological polar surface area (TPSA) is 20.3 Å². The van der Waals surface area contributed by atoms with Gasteiger partial charge in [-0.15, -0.1) is 0 Å². The summed E-state index contributed by atoms with van der Waals surface area (Å²) < 4.78 is 0. The lowest BCUT2D eigenvalue weighted by atomic mass is 10.1. The van der Waals surface area contributed by atoms with Gasteiger partial charge in [-0.25, -0.2) is 0 Å². The SMILES string of the molecule is O=C(c1c(Cl)cccc1Cl)N1CCc2ccccc21. The quantitative estimate of drug-likeness (QED) is 0.771. The molecule has 2 aromatic carbocycles. The number of fused-ring (bicyclic) bond motifs is 1. The molecule has 0 aromatic heterocycles. The molecule has 0 N–H and O–H groups in total. The maximum atomic E-state index is 12.6. The first-order valence-electron chi connectivity index (χ1n) is 6.02. The number of halogens is 2. The van der Waals surface area contributed by atoms with Crippen molar-refractivity contribution in [3.8, 4) is 0 Å². The zero-order valence-electron chi connectivity index (χ0n) is 10.1. The minimum absolute atomic E-state index is 0.138. The van der Waals surface area contributed by atoms with Crippen LogP contribution in [0.3, 0.4) is 0 Å². The third-order valence-corrected chi connectivity index (χ3v) is 3.94. The Balaban J connectivity index is 2.03. The van der Waals surface area contributed by atoms with E-state index in [-0.39, 0.29) is 5.91 Å². The van der Waals surface area contributed by atoms with Gasteiger partial charge in [0, 0.05) is 12.2 Å². The van der Waals surface area contributed by atoms with Crippen LogP contribution in [-0.2, 0) is 6.42 Å². The van der Waals surface area contributed by atoms with Gasteiger partial charge in [-0.05, 0) is 30.2 Å². The monoisotopic (exact) mass is 291 g/mol. The predicted molar refractivity (Wildman–Crippen MR) is 78.3 cm³/mol. The largest absolute Gasteiger partial charge is 0.308 e. The van der Waals surface area contributed by atoms with Crippen LogP contribution in [0.5, 0.6) is 0 Å². The zero-order valence-corrected chi connectivity index (χ0v) is 11.6. The highest BCUT2D eigenvalue weighted by atomic mass is 35.5. The maximum Gasteiger partial charge on any atom is 0.261 e. The predicted octanol–water partition coefficient (Wildman–Crippen LogP) is 4.20. The number of anilines is 1. The molecule has 0 spiro atoms. The molecule has 0 fully saturated rings. The van der Waals surface area contributed by atoms with E-state index in [9.17, 15) is 4.79 Å². The van der Waals surface area contributed by atoms with Crippen LogP contribution in [0, 0.1) is 0 Å². The molecule has 2 nitrogen and oxygen atoms in total. The lowest BCUT2D eigenvalue weighted by Crippen LogP contribution is -2.29. The lowest BCUT2D eigenvalue weighted by Gasteiger charge is -2.18. The summed E-state index contributed by atoms with van der Waals surface area (Å²) in [7, 11) is 0. The fourth-order valence-corrected chi connectivity index (χ4v) is 2.95. The number of benzene rings is 2. The summed E-state index contributed by atoms with van der Waals surface area (Å²) in [5, 5.41) is 0.781. The van der Waals surface area contributed by atoms with Crippen molar-refractivity contribution in [1.82, 2.24) is 0 Å². The summed E-state index contributed by atoms with van der Waals surface area (Å²) >= 11 is 12.2. The normalized spacial score (nSPS) is 13.5. The summed E-state index contributed by atoms with van der Waals surface area (Å²) in [6, 6.07) is 13.0. The van der Waals surface area contributed by atoms with Crippen LogP contribution in [0.1, 0.15) is 15.9 Å². The Morgan fingerprint density at radius 3 is 2.42 bits per heavy atom. The Labute approximate surface area is 121 Å². The van der Waals surface area contributed by atoms with Gasteiger partial charge >= 0.3 is 0 Å². The van der Waals surface area contributed by atoms with Crippen LogP contribution in [0.2, 0.25) is 10.0 Å². The van der Waals surface area contributed by atoms with E-state index in [4.69, 9.17) is 23.2 Å². The molecule has 1 aliphatic rings. The molecule has 1 aliphatic heterocycles. The molecule has 3 rings (SSSR count). The highest BCUT2D eigenvalue weighted by Gasteiger charge is 2.27. The van der Waals surface area contributed by atoms with E-state index in [1.807, 2.05) is 24.3 Å². The van der Waals surface area contributed by atoms with Crippen molar-refractivity contribution in [2.45, 2.75) is 6.42 Å². The minimum atomic E-state index is -0.138. The Kier molecular flexibility index (Phi) is 3.21. The summed E-state index contributed by atoms with van der Waals surface area (Å²) in [6.07, 6.45) is 0.865. The molecule has 0 unspecified atom stereocenters. The van der Waals surface area contributed by atoms with Crippen LogP contribution >= 0.6 is 23.2 Å². The summed E-state index contributed by atoms with van der Waals surface area (Å²) in [4.78, 5) is 14.3. The summed E-state index contributed by atoms with van der Waals surface area (Å²) in [5.74, 6) is -0.138. The molecule has 2 aromatic rings. The number of rotatable bonds is 1. The van der Waals surface area contributed by atoms with Crippen LogP contribution in [0.15, 0.2) is 42.5 Å². The average molecular weight is 292 g/mol. The molecule has 19 heavy (non-hydrogen) atoms. The number of amides is 1. The van der Waals surface area contributed by atoms with E-state index in [1.165, 1.54) is 5.56 Å². The fourth-order valence-electron chi connectivity index (χ4n) is 2.39. The zero-order chi connectivity index (χ0) is 13.4. The van der Waals surface area contributed by atoms with E-state index in [0.717, 1.165) is 12.1 Å². The van der Waals surface area contributed by atoms with Crippen molar-refractivity contribution in [3.63, 3.8) is 0 Å². The first kappa shape index (κ1) is 12.5. The number of nitrogens with zero attached hydrogens (tertiary/aromatic N) is 1. The number of hydrogen-bond acceptors (Lipinski definition) is 1. The molecule has 0 saturated heterocycles. The Morgan fingerprint density at radius 1 is 1.00 bits per heavy atom.